The SMILES string of the molecule is Cc1ccccc1CC(Cl)C1(c2ccccc2)CC1. The van der Waals surface area contributed by atoms with Crippen LogP contribution in [0.2, 0.25) is 0 Å². The molecule has 1 aliphatic carbocycles. The van der Waals surface area contributed by atoms with E-state index in [1.54, 1.807) is 0 Å². The van der Waals surface area contributed by atoms with E-state index in [-0.39, 0.29) is 10.8 Å². The first-order valence-electron chi connectivity index (χ1n) is 6.96. The molecule has 1 atom stereocenters. The zero-order valence-electron chi connectivity index (χ0n) is 11.3. The fraction of sp³-hybridized carbons (Fsp3) is 0.333. The normalized spacial score (nSPS) is 18.0. The Kier molecular flexibility index (Phi) is 3.36. The van der Waals surface area contributed by atoms with Gasteiger partial charge in [-0.05, 0) is 42.9 Å². The summed E-state index contributed by atoms with van der Waals surface area (Å²) in [6.07, 6.45) is 3.40. The Morgan fingerprint density at radius 3 is 2.26 bits per heavy atom. The molecule has 3 rings (SSSR count). The van der Waals surface area contributed by atoms with E-state index in [0.29, 0.717) is 0 Å². The van der Waals surface area contributed by atoms with Crippen LogP contribution in [0.5, 0.6) is 0 Å². The molecule has 0 amide bonds. The Morgan fingerprint density at radius 1 is 1.00 bits per heavy atom. The van der Waals surface area contributed by atoms with Gasteiger partial charge < -0.3 is 0 Å². The highest BCUT2D eigenvalue weighted by Gasteiger charge is 2.49. The fourth-order valence-electron chi connectivity index (χ4n) is 2.92. The molecule has 0 bridgehead atoms. The summed E-state index contributed by atoms with van der Waals surface area (Å²) in [6.45, 7) is 2.17. The third kappa shape index (κ3) is 2.42. The third-order valence-electron chi connectivity index (χ3n) is 4.40. The number of alkyl halides is 1. The zero-order valence-corrected chi connectivity index (χ0v) is 12.0. The summed E-state index contributed by atoms with van der Waals surface area (Å²) < 4.78 is 0. The Labute approximate surface area is 120 Å². The van der Waals surface area contributed by atoms with E-state index in [4.69, 9.17) is 11.6 Å². The van der Waals surface area contributed by atoms with Crippen molar-refractivity contribution in [1.29, 1.82) is 0 Å². The van der Waals surface area contributed by atoms with Gasteiger partial charge in [-0.25, -0.2) is 0 Å². The molecular formula is C18H19Cl. The Balaban J connectivity index is 1.82. The van der Waals surface area contributed by atoms with Crippen molar-refractivity contribution in [2.45, 2.75) is 37.0 Å². The van der Waals surface area contributed by atoms with Crippen LogP contribution < -0.4 is 0 Å². The van der Waals surface area contributed by atoms with Crippen LogP contribution in [0.1, 0.15) is 29.5 Å². The van der Waals surface area contributed by atoms with Crippen LogP contribution in [0, 0.1) is 6.92 Å². The van der Waals surface area contributed by atoms with Crippen molar-refractivity contribution in [1.82, 2.24) is 0 Å². The number of rotatable bonds is 4. The average Bonchev–Trinajstić information content (AvgIpc) is 3.24. The Hall–Kier alpha value is -1.27. The van der Waals surface area contributed by atoms with Crippen LogP contribution in [0.4, 0.5) is 0 Å². The van der Waals surface area contributed by atoms with E-state index in [9.17, 15) is 0 Å². The van der Waals surface area contributed by atoms with Crippen molar-refractivity contribution >= 4 is 11.6 Å². The van der Waals surface area contributed by atoms with Gasteiger partial charge in [0.15, 0.2) is 0 Å². The van der Waals surface area contributed by atoms with Crippen molar-refractivity contribution in [3.05, 3.63) is 71.3 Å². The van der Waals surface area contributed by atoms with E-state index < -0.39 is 0 Å². The molecule has 1 fully saturated rings. The van der Waals surface area contributed by atoms with Gasteiger partial charge in [-0.15, -0.1) is 11.6 Å². The summed E-state index contributed by atoms with van der Waals surface area (Å²) in [7, 11) is 0. The number of benzene rings is 2. The van der Waals surface area contributed by atoms with Gasteiger partial charge in [0.1, 0.15) is 0 Å². The summed E-state index contributed by atoms with van der Waals surface area (Å²) in [5.41, 5.74) is 4.34. The van der Waals surface area contributed by atoms with Gasteiger partial charge in [-0.2, -0.15) is 0 Å². The van der Waals surface area contributed by atoms with Crippen LogP contribution in [0.25, 0.3) is 0 Å². The topological polar surface area (TPSA) is 0 Å². The summed E-state index contributed by atoms with van der Waals surface area (Å²) >= 11 is 6.78. The highest BCUT2D eigenvalue weighted by atomic mass is 35.5. The second-order valence-electron chi connectivity index (χ2n) is 5.62. The third-order valence-corrected chi connectivity index (χ3v) is 4.97. The molecule has 0 aromatic heterocycles. The maximum absolute atomic E-state index is 6.78. The van der Waals surface area contributed by atoms with Crippen molar-refractivity contribution in [3.8, 4) is 0 Å². The molecule has 0 heterocycles. The van der Waals surface area contributed by atoms with Gasteiger partial charge in [0, 0.05) is 10.8 Å². The highest BCUT2D eigenvalue weighted by molar-refractivity contribution is 6.22. The van der Waals surface area contributed by atoms with Crippen LogP contribution in [0.15, 0.2) is 54.6 Å². The van der Waals surface area contributed by atoms with Gasteiger partial charge in [-0.3, -0.25) is 0 Å². The largest absolute Gasteiger partial charge is 0.122 e. The molecule has 2 aromatic rings. The minimum atomic E-state index is 0.191. The highest BCUT2D eigenvalue weighted by Crippen LogP contribution is 2.53. The van der Waals surface area contributed by atoms with E-state index in [1.165, 1.54) is 29.5 Å². The number of aryl methyl sites for hydroxylation is 1. The molecule has 98 valence electrons. The molecular weight excluding hydrogens is 252 g/mol. The van der Waals surface area contributed by atoms with Gasteiger partial charge in [-0.1, -0.05) is 54.6 Å². The predicted molar refractivity (Wildman–Crippen MR) is 81.9 cm³/mol. The Bertz CT molecular complexity index is 555. The molecule has 1 saturated carbocycles. The van der Waals surface area contributed by atoms with Crippen molar-refractivity contribution in [2.75, 3.05) is 0 Å². The lowest BCUT2D eigenvalue weighted by atomic mass is 9.88. The van der Waals surface area contributed by atoms with Crippen LogP contribution in [0.3, 0.4) is 0 Å². The molecule has 0 spiro atoms. The van der Waals surface area contributed by atoms with Crippen LogP contribution in [-0.2, 0) is 11.8 Å². The van der Waals surface area contributed by atoms with Gasteiger partial charge in [0.05, 0.1) is 0 Å². The van der Waals surface area contributed by atoms with E-state index in [1.807, 2.05) is 0 Å². The van der Waals surface area contributed by atoms with E-state index in [2.05, 4.69) is 61.5 Å². The number of halogens is 1. The quantitative estimate of drug-likeness (QED) is 0.695. The maximum Gasteiger partial charge on any atom is 0.0473 e. The van der Waals surface area contributed by atoms with E-state index in [0.717, 1.165) is 6.42 Å². The van der Waals surface area contributed by atoms with E-state index >= 15 is 0 Å². The predicted octanol–water partition coefficient (Wildman–Crippen LogP) is 4.88. The average molecular weight is 271 g/mol. The summed E-state index contributed by atoms with van der Waals surface area (Å²) in [4.78, 5) is 0. The van der Waals surface area contributed by atoms with Crippen molar-refractivity contribution < 1.29 is 0 Å². The second-order valence-corrected chi connectivity index (χ2v) is 6.15. The summed E-state index contributed by atoms with van der Waals surface area (Å²) in [5, 5.41) is 0.191. The first-order valence-corrected chi connectivity index (χ1v) is 7.40. The standard InChI is InChI=1S/C18H19Cl/c1-14-7-5-6-8-15(14)13-17(19)18(11-12-18)16-9-3-2-4-10-16/h2-10,17H,11-13H2,1H3. The van der Waals surface area contributed by atoms with Crippen LogP contribution in [-0.4, -0.2) is 5.38 Å². The van der Waals surface area contributed by atoms with Crippen LogP contribution >= 0.6 is 11.6 Å². The zero-order chi connectivity index (χ0) is 13.3. The summed E-state index contributed by atoms with van der Waals surface area (Å²) in [6, 6.07) is 19.3. The van der Waals surface area contributed by atoms with Crippen molar-refractivity contribution in [3.63, 3.8) is 0 Å². The number of hydrogen-bond acceptors (Lipinski definition) is 0. The second kappa shape index (κ2) is 5.02. The molecule has 0 nitrogen and oxygen atoms in total. The lowest BCUT2D eigenvalue weighted by Gasteiger charge is -2.23. The minimum absolute atomic E-state index is 0.191. The monoisotopic (exact) mass is 270 g/mol. The van der Waals surface area contributed by atoms with Gasteiger partial charge in [0.2, 0.25) is 0 Å². The Morgan fingerprint density at radius 2 is 1.63 bits per heavy atom. The summed E-state index contributed by atoms with van der Waals surface area (Å²) in [5.74, 6) is 0. The molecule has 0 radical (unpaired) electrons. The van der Waals surface area contributed by atoms with Gasteiger partial charge >= 0.3 is 0 Å². The lowest BCUT2D eigenvalue weighted by Crippen LogP contribution is -2.23. The number of hydrogen-bond donors (Lipinski definition) is 0. The molecule has 0 N–H and O–H groups in total. The smallest absolute Gasteiger partial charge is 0.0473 e. The fourth-order valence-corrected chi connectivity index (χ4v) is 3.43. The first kappa shape index (κ1) is 12.7. The van der Waals surface area contributed by atoms with Gasteiger partial charge in [0.25, 0.3) is 0 Å². The molecule has 0 aliphatic heterocycles. The molecule has 1 heteroatoms. The molecule has 19 heavy (non-hydrogen) atoms. The molecule has 1 aliphatic rings. The maximum atomic E-state index is 6.78. The first-order chi connectivity index (χ1) is 9.22. The molecule has 1 unspecified atom stereocenters. The molecule has 0 saturated heterocycles. The molecule has 2 aromatic carbocycles. The minimum Gasteiger partial charge on any atom is -0.122 e. The lowest BCUT2D eigenvalue weighted by molar-refractivity contribution is 0.627. The van der Waals surface area contributed by atoms with Crippen molar-refractivity contribution in [2.24, 2.45) is 0 Å².